The Labute approximate surface area is 113 Å². The summed E-state index contributed by atoms with van der Waals surface area (Å²) in [6, 6.07) is 0. The van der Waals surface area contributed by atoms with Crippen LogP contribution in [0.3, 0.4) is 0 Å². The van der Waals surface area contributed by atoms with E-state index in [4.69, 9.17) is 0 Å². The molecule has 0 nitrogen and oxygen atoms in total. The van der Waals surface area contributed by atoms with Crippen LogP contribution < -0.4 is 95.9 Å². The Kier molecular flexibility index (Phi) is 198. The summed E-state index contributed by atoms with van der Waals surface area (Å²) in [4.78, 5) is 0. The number of halogens is 4. The Bertz CT molecular complexity index is 3.61. The smallest absolute Gasteiger partial charge is 1.00 e. The molecule has 0 atom stereocenters. The van der Waals surface area contributed by atoms with E-state index in [0.29, 0.717) is 0 Å². The Balaban J connectivity index is 0. The first-order valence-electron chi connectivity index (χ1n) is 0. The van der Waals surface area contributed by atoms with E-state index in [0.717, 1.165) is 0 Å². The molecule has 0 rings (SSSR count). The second kappa shape index (κ2) is 25.6. The molecule has 0 aromatic carbocycles. The maximum Gasteiger partial charge on any atom is 4.00 e. The average molecular weight is 606 g/mol. The fourth-order valence-corrected chi connectivity index (χ4v) is 0. The quantitative estimate of drug-likeness (QED) is 0.241. The van der Waals surface area contributed by atoms with Gasteiger partial charge in [-0.3, -0.25) is 0 Å². The van der Waals surface area contributed by atoms with Gasteiger partial charge in [-0.2, -0.15) is 0 Å². The zero-order valence-corrected chi connectivity index (χ0v) is 12.4. The first kappa shape index (κ1) is 38.5. The molecule has 0 saturated heterocycles. The predicted octanol–water partition coefficient (Wildman–Crippen LogP) is -12.0. The molecule has 0 amide bonds. The van der Waals surface area contributed by atoms with Crippen LogP contribution in [-0.4, -0.2) is 0 Å². The van der Waals surface area contributed by atoms with Crippen LogP contribution in [0.1, 0.15) is 0 Å². The van der Waals surface area contributed by atoms with Gasteiger partial charge in [-0.15, -0.1) is 0 Å². The summed E-state index contributed by atoms with van der Waals surface area (Å²) in [5.74, 6) is 0. The molecule has 0 aliphatic carbocycles. The van der Waals surface area contributed by atoms with Gasteiger partial charge in [-0.1, -0.05) is 0 Å². The maximum atomic E-state index is 0. The fourth-order valence-electron chi connectivity index (χ4n) is 0. The van der Waals surface area contributed by atoms with Gasteiger partial charge in [0.2, 0.25) is 0 Å². The molecule has 0 aliphatic heterocycles. The molecule has 0 aliphatic rings. The summed E-state index contributed by atoms with van der Waals surface area (Å²) >= 11 is 0. The standard InChI is InChI=1S/4HI.Tc/h4*1H;/q;;;;+4/p-4. The van der Waals surface area contributed by atoms with Crippen LogP contribution in [0.15, 0.2) is 0 Å². The molecular weight excluding hydrogens is 606 g/mol. The van der Waals surface area contributed by atoms with Gasteiger partial charge in [0.05, 0.1) is 0 Å². The summed E-state index contributed by atoms with van der Waals surface area (Å²) in [5.41, 5.74) is 0. The fraction of sp³-hybridized carbons (Fsp3) is 0. The van der Waals surface area contributed by atoms with Crippen molar-refractivity contribution in [2.75, 3.05) is 0 Å². The van der Waals surface area contributed by atoms with E-state index >= 15 is 0 Å². The molecule has 5 heteroatoms. The van der Waals surface area contributed by atoms with Crippen molar-refractivity contribution in [1.29, 1.82) is 0 Å². The van der Waals surface area contributed by atoms with Crippen molar-refractivity contribution in [3.05, 3.63) is 0 Å². The van der Waals surface area contributed by atoms with Crippen LogP contribution in [0.4, 0.5) is 0 Å². The van der Waals surface area contributed by atoms with Gasteiger partial charge in [0.25, 0.3) is 0 Å². The van der Waals surface area contributed by atoms with Crippen LogP contribution in [0.2, 0.25) is 0 Å². The minimum atomic E-state index is 0. The maximum absolute atomic E-state index is 0. The molecule has 5 heavy (non-hydrogen) atoms. The topological polar surface area (TPSA) is 0 Å². The van der Waals surface area contributed by atoms with Gasteiger partial charge in [0.15, 0.2) is 0 Å². The van der Waals surface area contributed by atoms with Crippen molar-refractivity contribution < 1.29 is 116 Å². The van der Waals surface area contributed by atoms with E-state index < -0.39 is 0 Å². The van der Waals surface area contributed by atoms with Crippen molar-refractivity contribution >= 4 is 0 Å². The number of hydrogen-bond acceptors (Lipinski definition) is 0. The van der Waals surface area contributed by atoms with E-state index in [1.165, 1.54) is 0 Å². The minimum absolute atomic E-state index is 0. The summed E-state index contributed by atoms with van der Waals surface area (Å²) in [6.07, 6.45) is 0. The molecule has 1 radical (unpaired) electrons. The summed E-state index contributed by atoms with van der Waals surface area (Å²) in [6.45, 7) is 0. The third kappa shape index (κ3) is 18.4. The molecule has 0 unspecified atom stereocenters. The van der Waals surface area contributed by atoms with Crippen molar-refractivity contribution in [1.82, 2.24) is 0 Å². The van der Waals surface area contributed by atoms with E-state index in [1.807, 2.05) is 0 Å². The SMILES string of the molecule is [I-].[I-].[I-].[I-].[Tc+4]. The average Bonchev–Trinajstić information content (AvgIpc) is 0. The third-order valence-electron chi connectivity index (χ3n) is 0. The zero-order chi connectivity index (χ0) is 0. The van der Waals surface area contributed by atoms with E-state index in [-0.39, 0.29) is 116 Å². The Morgan fingerprint density at radius 1 is 0.400 bits per heavy atom. The van der Waals surface area contributed by atoms with Crippen molar-refractivity contribution in [3.8, 4) is 0 Å². The van der Waals surface area contributed by atoms with Crippen LogP contribution in [0.25, 0.3) is 0 Å². The van der Waals surface area contributed by atoms with Crippen LogP contribution in [0, 0.1) is 0 Å². The first-order valence-corrected chi connectivity index (χ1v) is 0. The molecule has 0 spiro atoms. The third-order valence-corrected chi connectivity index (χ3v) is 0. The summed E-state index contributed by atoms with van der Waals surface area (Å²) in [5, 5.41) is 0. The Hall–Kier alpha value is 3.57. The zero-order valence-electron chi connectivity index (χ0n) is 1.89. The minimum Gasteiger partial charge on any atom is -1.00 e. The van der Waals surface area contributed by atoms with E-state index in [1.54, 1.807) is 0 Å². The number of rotatable bonds is 0. The van der Waals surface area contributed by atoms with E-state index in [2.05, 4.69) is 0 Å². The monoisotopic (exact) mass is 605 g/mol. The van der Waals surface area contributed by atoms with Gasteiger partial charge in [0, 0.05) is 0 Å². The summed E-state index contributed by atoms with van der Waals surface area (Å²) < 4.78 is 0. The van der Waals surface area contributed by atoms with Crippen molar-refractivity contribution in [2.45, 2.75) is 0 Å². The number of hydrogen-bond donors (Lipinski definition) is 0. The Morgan fingerprint density at radius 2 is 0.400 bits per heavy atom. The van der Waals surface area contributed by atoms with Gasteiger partial charge in [0.1, 0.15) is 0 Å². The first-order chi connectivity index (χ1) is 0. The molecule has 0 saturated carbocycles. The molecular formula is I4Tc. The largest absolute Gasteiger partial charge is 4.00 e. The van der Waals surface area contributed by atoms with Crippen molar-refractivity contribution in [3.63, 3.8) is 0 Å². The van der Waals surface area contributed by atoms with Crippen LogP contribution in [0.5, 0.6) is 0 Å². The normalized spacial score (nSPS) is 0. The van der Waals surface area contributed by atoms with Gasteiger partial charge in [-0.25, -0.2) is 0 Å². The molecule has 0 bridgehead atoms. The molecule has 35 valence electrons. The van der Waals surface area contributed by atoms with Crippen LogP contribution in [-0.2, 0) is 20.1 Å². The van der Waals surface area contributed by atoms with Crippen molar-refractivity contribution in [2.24, 2.45) is 0 Å². The molecule has 0 heterocycles. The van der Waals surface area contributed by atoms with Crippen LogP contribution >= 0.6 is 0 Å². The molecule has 0 fully saturated rings. The van der Waals surface area contributed by atoms with Gasteiger partial charge in [-0.05, 0) is 0 Å². The van der Waals surface area contributed by atoms with Gasteiger partial charge < -0.3 is 95.9 Å². The van der Waals surface area contributed by atoms with Gasteiger partial charge >= 0.3 is 20.1 Å². The van der Waals surface area contributed by atoms with E-state index in [9.17, 15) is 0 Å². The predicted molar refractivity (Wildman–Crippen MR) is 0 cm³/mol. The molecule has 0 aromatic heterocycles. The Morgan fingerprint density at radius 3 is 0.400 bits per heavy atom. The molecule has 0 N–H and O–H groups in total. The second-order valence-electron chi connectivity index (χ2n) is 0. The molecule has 0 aromatic rings. The second-order valence-corrected chi connectivity index (χ2v) is 0. The summed E-state index contributed by atoms with van der Waals surface area (Å²) in [7, 11) is 0.